The fourth-order valence-corrected chi connectivity index (χ4v) is 4.67. The van der Waals surface area contributed by atoms with Crippen molar-refractivity contribution in [2.24, 2.45) is 11.7 Å². The third-order valence-electron chi connectivity index (χ3n) is 6.47. The third kappa shape index (κ3) is 5.32. The Morgan fingerprint density at radius 2 is 1.86 bits per heavy atom. The van der Waals surface area contributed by atoms with Crippen molar-refractivity contribution in [2.45, 2.75) is 25.3 Å². The van der Waals surface area contributed by atoms with Gasteiger partial charge in [-0.3, -0.25) is 19.8 Å². The number of ether oxygens (including phenoxy) is 1. The zero-order valence-electron chi connectivity index (χ0n) is 19.5. The number of nitrogens with two attached hydrogens (primary N) is 1. The van der Waals surface area contributed by atoms with Crippen LogP contribution in [0.25, 0.3) is 11.1 Å². The number of rotatable bonds is 7. The number of pyridine rings is 1. The number of hydrogen-bond donors (Lipinski definition) is 3. The average molecular weight is 473 g/mol. The lowest BCUT2D eigenvalue weighted by atomic mass is 9.89. The van der Waals surface area contributed by atoms with Crippen LogP contribution in [0, 0.1) is 11.3 Å². The summed E-state index contributed by atoms with van der Waals surface area (Å²) in [7, 11) is 1.36. The highest BCUT2D eigenvalue weighted by atomic mass is 16.5. The number of nitrogens with one attached hydrogen (secondary N) is 2. The van der Waals surface area contributed by atoms with Gasteiger partial charge in [0.25, 0.3) is 5.91 Å². The molecule has 2 atom stereocenters. The maximum absolute atomic E-state index is 13.4. The van der Waals surface area contributed by atoms with Crippen LogP contribution >= 0.6 is 0 Å². The quantitative estimate of drug-likeness (QED) is 0.277. The third-order valence-corrected chi connectivity index (χ3v) is 6.47. The summed E-state index contributed by atoms with van der Waals surface area (Å²) in [4.78, 5) is 42.0. The minimum Gasteiger partial charge on any atom is -0.469 e. The molecule has 0 saturated carbocycles. The Labute approximate surface area is 203 Å². The molecule has 8 heteroatoms. The molecule has 1 aliphatic heterocycles. The van der Waals surface area contributed by atoms with Gasteiger partial charge in [-0.2, -0.15) is 0 Å². The van der Waals surface area contributed by atoms with Crippen molar-refractivity contribution in [3.8, 4) is 11.1 Å². The van der Waals surface area contributed by atoms with Crippen molar-refractivity contribution in [3.63, 3.8) is 0 Å². The van der Waals surface area contributed by atoms with Gasteiger partial charge in [0.1, 0.15) is 5.84 Å². The first-order valence-electron chi connectivity index (χ1n) is 11.5. The Morgan fingerprint density at radius 3 is 2.51 bits per heavy atom. The minimum absolute atomic E-state index is 0.0375. The number of carbonyl (C=O) groups is 2. The second-order valence-corrected chi connectivity index (χ2v) is 8.67. The Bertz CT molecular complexity index is 1280. The largest absolute Gasteiger partial charge is 0.469 e. The molecule has 2 unspecified atom stereocenters. The van der Waals surface area contributed by atoms with Gasteiger partial charge in [-0.15, -0.1) is 0 Å². The predicted molar refractivity (Wildman–Crippen MR) is 133 cm³/mol. The van der Waals surface area contributed by atoms with E-state index in [1.165, 1.54) is 13.2 Å². The molecule has 35 heavy (non-hydrogen) atoms. The molecule has 180 valence electrons. The zero-order valence-corrected chi connectivity index (χ0v) is 19.5. The Kier molecular flexibility index (Phi) is 7.10. The van der Waals surface area contributed by atoms with Gasteiger partial charge in [0.15, 0.2) is 0 Å². The molecule has 2 aromatic carbocycles. The number of amides is 1. The van der Waals surface area contributed by atoms with E-state index in [2.05, 4.69) is 4.98 Å². The molecule has 1 aromatic heterocycles. The number of esters is 1. The van der Waals surface area contributed by atoms with E-state index < -0.39 is 5.92 Å². The number of hydrogen-bond acceptors (Lipinski definition) is 5. The lowest BCUT2D eigenvalue weighted by Crippen LogP contribution is -2.44. The molecular formula is C27H28N4O4. The molecule has 3 aromatic rings. The molecule has 0 spiro atoms. The molecule has 1 saturated heterocycles. The molecule has 0 aliphatic carbocycles. The number of aromatic nitrogens is 1. The number of nitrogens with zero attached hydrogens (tertiary/aromatic N) is 1. The van der Waals surface area contributed by atoms with Crippen LogP contribution in [0.5, 0.6) is 0 Å². The molecule has 1 amide bonds. The van der Waals surface area contributed by atoms with Crippen LogP contribution in [0.15, 0.2) is 71.7 Å². The van der Waals surface area contributed by atoms with Gasteiger partial charge in [0, 0.05) is 36.0 Å². The fraction of sp³-hybridized carbons (Fsp3) is 0.259. The van der Waals surface area contributed by atoms with E-state index in [1.54, 1.807) is 41.4 Å². The first-order valence-corrected chi connectivity index (χ1v) is 11.5. The van der Waals surface area contributed by atoms with E-state index in [4.69, 9.17) is 15.9 Å². The molecule has 2 heterocycles. The lowest BCUT2D eigenvalue weighted by Gasteiger charge is -2.30. The molecule has 0 radical (unpaired) electrons. The second kappa shape index (κ2) is 10.4. The zero-order chi connectivity index (χ0) is 24.9. The van der Waals surface area contributed by atoms with Crippen molar-refractivity contribution >= 4 is 17.7 Å². The summed E-state index contributed by atoms with van der Waals surface area (Å²) in [6.07, 6.45) is 3.52. The van der Waals surface area contributed by atoms with E-state index in [0.29, 0.717) is 30.5 Å². The maximum Gasteiger partial charge on any atom is 0.311 e. The fourth-order valence-electron chi connectivity index (χ4n) is 4.67. The van der Waals surface area contributed by atoms with Crippen LogP contribution in [-0.2, 0) is 16.0 Å². The number of likely N-dealkylation sites (tertiary alicyclic amines) is 1. The highest BCUT2D eigenvalue weighted by Gasteiger charge is 2.39. The Morgan fingerprint density at radius 1 is 1.11 bits per heavy atom. The molecular weight excluding hydrogens is 444 g/mol. The highest BCUT2D eigenvalue weighted by molar-refractivity contribution is 5.96. The monoisotopic (exact) mass is 472 g/mol. The normalized spacial score (nSPS) is 16.0. The first-order chi connectivity index (χ1) is 16.9. The summed E-state index contributed by atoms with van der Waals surface area (Å²) in [6, 6.07) is 17.4. The van der Waals surface area contributed by atoms with E-state index >= 15 is 0 Å². The minimum atomic E-state index is -0.533. The summed E-state index contributed by atoms with van der Waals surface area (Å²) < 4.78 is 5.11. The summed E-state index contributed by atoms with van der Waals surface area (Å²) in [5.41, 5.74) is 9.17. The van der Waals surface area contributed by atoms with Crippen molar-refractivity contribution in [3.05, 3.63) is 93.9 Å². The maximum atomic E-state index is 13.4. The van der Waals surface area contributed by atoms with Gasteiger partial charge >= 0.3 is 5.97 Å². The van der Waals surface area contributed by atoms with Crippen LogP contribution in [0.3, 0.4) is 0 Å². The molecule has 4 N–H and O–H groups in total. The molecule has 1 fully saturated rings. The number of methoxy groups -OCH3 is 1. The van der Waals surface area contributed by atoms with E-state index in [9.17, 15) is 14.4 Å². The summed E-state index contributed by atoms with van der Waals surface area (Å²) in [6.45, 7) is 0.562. The number of H-pyrrole nitrogens is 1. The van der Waals surface area contributed by atoms with Gasteiger partial charge in [-0.25, -0.2) is 0 Å². The van der Waals surface area contributed by atoms with Gasteiger partial charge in [-0.1, -0.05) is 30.3 Å². The van der Waals surface area contributed by atoms with Crippen molar-refractivity contribution < 1.29 is 14.3 Å². The Hall–Kier alpha value is -4.20. The number of benzene rings is 2. The smallest absolute Gasteiger partial charge is 0.311 e. The van der Waals surface area contributed by atoms with E-state index in [-0.39, 0.29) is 29.3 Å². The predicted octanol–water partition coefficient (Wildman–Crippen LogP) is 2.96. The van der Waals surface area contributed by atoms with Gasteiger partial charge in [-0.05, 0) is 60.2 Å². The molecule has 8 nitrogen and oxygen atoms in total. The average Bonchev–Trinajstić information content (AvgIpc) is 3.36. The van der Waals surface area contributed by atoms with Crippen molar-refractivity contribution in [2.75, 3.05) is 13.7 Å². The SMILES string of the molecule is COC(=O)C(Cc1cccc(C(=N)N)c1)C1CCCN1C(=O)c1ccc(-c2ccc(=O)[nH]c2)cc1. The topological polar surface area (TPSA) is 129 Å². The molecule has 1 aliphatic rings. The number of aromatic amines is 1. The molecule has 0 bridgehead atoms. The summed E-state index contributed by atoms with van der Waals surface area (Å²) >= 11 is 0. The highest BCUT2D eigenvalue weighted by Crippen LogP contribution is 2.30. The van der Waals surface area contributed by atoms with Gasteiger partial charge in [0.05, 0.1) is 13.0 Å². The van der Waals surface area contributed by atoms with Crippen molar-refractivity contribution in [1.29, 1.82) is 5.41 Å². The van der Waals surface area contributed by atoms with E-state index in [0.717, 1.165) is 23.1 Å². The van der Waals surface area contributed by atoms with Crippen LogP contribution in [0.1, 0.15) is 34.3 Å². The number of nitrogen functional groups attached to an aromatic ring is 1. The van der Waals surface area contributed by atoms with Crippen LogP contribution in [0.4, 0.5) is 0 Å². The summed E-state index contributed by atoms with van der Waals surface area (Å²) in [5, 5.41) is 7.68. The Balaban J connectivity index is 1.56. The number of amidine groups is 1. The van der Waals surface area contributed by atoms with Crippen molar-refractivity contribution in [1.82, 2.24) is 9.88 Å². The van der Waals surface area contributed by atoms with Crippen LogP contribution in [-0.4, -0.2) is 47.3 Å². The van der Waals surface area contributed by atoms with Gasteiger partial charge in [0.2, 0.25) is 5.56 Å². The van der Waals surface area contributed by atoms with Gasteiger partial charge < -0.3 is 20.4 Å². The lowest BCUT2D eigenvalue weighted by molar-refractivity contribution is -0.147. The van der Waals surface area contributed by atoms with E-state index in [1.807, 2.05) is 24.3 Å². The summed E-state index contributed by atoms with van der Waals surface area (Å²) in [5.74, 6) is -1.07. The van der Waals surface area contributed by atoms with Crippen LogP contribution < -0.4 is 11.3 Å². The first kappa shape index (κ1) is 23.9. The van der Waals surface area contributed by atoms with Crippen LogP contribution in [0.2, 0.25) is 0 Å². The molecule has 4 rings (SSSR count). The standard InChI is InChI=1S/C27H28N4O4/c1-35-27(34)22(15-17-4-2-5-20(14-17)25(28)29)23-6-3-13-31(23)26(33)19-9-7-18(8-10-19)21-11-12-24(32)30-16-21/h2,4-5,7-12,14,16,22-23H,3,6,13,15H2,1H3,(H3,28,29)(H,30,32). The number of carbonyl (C=O) groups excluding carboxylic acids is 2. The second-order valence-electron chi connectivity index (χ2n) is 8.67.